The molecule has 0 atom stereocenters. The molecular weight excluding hydrogens is 412 g/mol. The zero-order chi connectivity index (χ0) is 21.8. The van der Waals surface area contributed by atoms with Crippen LogP contribution in [-0.2, 0) is 17.8 Å². The van der Waals surface area contributed by atoms with Crippen molar-refractivity contribution in [2.75, 3.05) is 12.4 Å². The van der Waals surface area contributed by atoms with Gasteiger partial charge in [-0.15, -0.1) is 11.3 Å². The van der Waals surface area contributed by atoms with Crippen molar-refractivity contribution < 1.29 is 14.3 Å². The number of benzene rings is 2. The number of aromatic nitrogens is 2. The molecule has 0 unspecified atom stereocenters. The Balaban J connectivity index is 1.43. The lowest BCUT2D eigenvalue weighted by Crippen LogP contribution is -2.21. The Bertz CT molecular complexity index is 1240. The van der Waals surface area contributed by atoms with Crippen LogP contribution in [0.2, 0.25) is 0 Å². The van der Waals surface area contributed by atoms with Crippen LogP contribution < -0.4 is 15.4 Å². The van der Waals surface area contributed by atoms with E-state index >= 15 is 0 Å². The molecule has 0 fully saturated rings. The lowest BCUT2D eigenvalue weighted by molar-refractivity contribution is -0.115. The number of aromatic amines is 1. The van der Waals surface area contributed by atoms with E-state index in [-0.39, 0.29) is 18.2 Å². The average Bonchev–Trinajstić information content (AvgIpc) is 3.34. The molecule has 0 saturated carbocycles. The number of anilines is 1. The summed E-state index contributed by atoms with van der Waals surface area (Å²) in [5, 5.41) is 13.5. The fourth-order valence-electron chi connectivity index (χ4n) is 3.31. The quantitative estimate of drug-likeness (QED) is 0.409. The monoisotopic (exact) mass is 434 g/mol. The highest BCUT2D eigenvalue weighted by Gasteiger charge is 2.17. The summed E-state index contributed by atoms with van der Waals surface area (Å²) in [7, 11) is 1.58. The highest BCUT2D eigenvalue weighted by Crippen LogP contribution is 2.29. The number of carbonyl (C=O) groups excluding carboxylic acids is 2. The maximum Gasteiger partial charge on any atom is 0.261 e. The predicted molar refractivity (Wildman–Crippen MR) is 122 cm³/mol. The third-order valence-corrected chi connectivity index (χ3v) is 5.85. The number of nitrogens with zero attached hydrogens (tertiary/aromatic N) is 1. The molecule has 31 heavy (non-hydrogen) atoms. The minimum atomic E-state index is -0.202. The summed E-state index contributed by atoms with van der Waals surface area (Å²) < 4.78 is 5.30. The molecule has 4 rings (SSSR count). The molecule has 158 valence electrons. The maximum atomic E-state index is 12.6. The molecule has 2 aromatic carbocycles. The molecule has 4 aromatic rings. The third-order valence-electron chi connectivity index (χ3n) is 4.82. The number of hydrogen-bond acceptors (Lipinski definition) is 5. The fourth-order valence-corrected chi connectivity index (χ4v) is 4.23. The number of thiophene rings is 1. The van der Waals surface area contributed by atoms with E-state index in [1.165, 1.54) is 11.3 Å². The number of rotatable bonds is 7. The average molecular weight is 435 g/mol. The van der Waals surface area contributed by atoms with E-state index in [4.69, 9.17) is 4.74 Å². The minimum absolute atomic E-state index is 0.165. The Morgan fingerprint density at radius 3 is 2.77 bits per heavy atom. The van der Waals surface area contributed by atoms with Gasteiger partial charge < -0.3 is 15.4 Å². The molecule has 0 saturated heterocycles. The van der Waals surface area contributed by atoms with Gasteiger partial charge in [0.1, 0.15) is 16.4 Å². The van der Waals surface area contributed by atoms with E-state index in [2.05, 4.69) is 20.8 Å². The molecule has 7 nitrogen and oxygen atoms in total. The van der Waals surface area contributed by atoms with Gasteiger partial charge in [-0.05, 0) is 24.6 Å². The number of nitrogens with one attached hydrogen (secondary N) is 3. The lowest BCUT2D eigenvalue weighted by Gasteiger charge is -2.08. The van der Waals surface area contributed by atoms with Gasteiger partial charge in [-0.2, -0.15) is 5.10 Å². The summed E-state index contributed by atoms with van der Waals surface area (Å²) in [5.41, 5.74) is 2.98. The van der Waals surface area contributed by atoms with Crippen molar-refractivity contribution in [3.8, 4) is 5.75 Å². The summed E-state index contributed by atoms with van der Waals surface area (Å²) >= 11 is 1.28. The summed E-state index contributed by atoms with van der Waals surface area (Å²) in [4.78, 5) is 26.3. The molecule has 2 amide bonds. The topological polar surface area (TPSA) is 96.1 Å². The Labute approximate surface area is 183 Å². The van der Waals surface area contributed by atoms with Gasteiger partial charge >= 0.3 is 0 Å². The number of H-pyrrole nitrogens is 1. The molecule has 0 spiro atoms. The van der Waals surface area contributed by atoms with Crippen molar-refractivity contribution in [3.63, 3.8) is 0 Å². The van der Waals surface area contributed by atoms with Crippen molar-refractivity contribution in [1.82, 2.24) is 15.5 Å². The van der Waals surface area contributed by atoms with E-state index in [1.807, 2.05) is 55.5 Å². The van der Waals surface area contributed by atoms with Gasteiger partial charge in [-0.1, -0.05) is 48.0 Å². The van der Waals surface area contributed by atoms with Crippen molar-refractivity contribution in [2.24, 2.45) is 0 Å². The van der Waals surface area contributed by atoms with Gasteiger partial charge in [0.25, 0.3) is 5.91 Å². The van der Waals surface area contributed by atoms with Gasteiger partial charge in [0.05, 0.1) is 23.8 Å². The lowest BCUT2D eigenvalue weighted by atomic mass is 10.1. The first kappa shape index (κ1) is 20.6. The first-order chi connectivity index (χ1) is 15.0. The zero-order valence-corrected chi connectivity index (χ0v) is 18.0. The molecule has 0 aliphatic rings. The van der Waals surface area contributed by atoms with Crippen LogP contribution in [-0.4, -0.2) is 29.1 Å². The predicted octanol–water partition coefficient (Wildman–Crippen LogP) is 4.05. The Morgan fingerprint density at radius 2 is 1.97 bits per heavy atom. The van der Waals surface area contributed by atoms with Crippen molar-refractivity contribution >= 4 is 39.2 Å². The van der Waals surface area contributed by atoms with Crippen LogP contribution >= 0.6 is 11.3 Å². The Hall–Kier alpha value is -3.65. The van der Waals surface area contributed by atoms with Gasteiger partial charge in [-0.3, -0.25) is 14.7 Å². The number of carbonyl (C=O) groups is 2. The molecule has 0 bridgehead atoms. The van der Waals surface area contributed by atoms with Crippen molar-refractivity contribution in [3.05, 3.63) is 76.2 Å². The first-order valence-corrected chi connectivity index (χ1v) is 10.6. The summed E-state index contributed by atoms with van der Waals surface area (Å²) in [6.45, 7) is 2.47. The summed E-state index contributed by atoms with van der Waals surface area (Å²) in [5.74, 6) is 0.766. The number of aryl methyl sites for hydroxylation is 1. The molecule has 2 heterocycles. The summed E-state index contributed by atoms with van der Waals surface area (Å²) in [6.07, 6.45) is 0.165. The van der Waals surface area contributed by atoms with Gasteiger partial charge in [-0.25, -0.2) is 0 Å². The number of hydrogen-bond donors (Lipinski definition) is 3. The fraction of sp³-hybridized carbons (Fsp3) is 0.174. The van der Waals surface area contributed by atoms with E-state index in [0.717, 1.165) is 16.7 Å². The van der Waals surface area contributed by atoms with E-state index in [9.17, 15) is 9.59 Å². The maximum absolute atomic E-state index is 12.6. The molecule has 0 aliphatic heterocycles. The van der Waals surface area contributed by atoms with Crippen LogP contribution in [0, 0.1) is 6.92 Å². The Morgan fingerprint density at radius 1 is 1.13 bits per heavy atom. The number of amides is 2. The van der Waals surface area contributed by atoms with Gasteiger partial charge in [0.15, 0.2) is 0 Å². The zero-order valence-electron chi connectivity index (χ0n) is 17.2. The molecule has 8 heteroatoms. The van der Waals surface area contributed by atoms with Crippen LogP contribution in [0.5, 0.6) is 5.75 Å². The number of para-hydroxylation sites is 1. The van der Waals surface area contributed by atoms with Gasteiger partial charge in [0.2, 0.25) is 5.91 Å². The number of fused-ring (bicyclic) bond motifs is 1. The van der Waals surface area contributed by atoms with Crippen LogP contribution in [0.1, 0.15) is 26.4 Å². The van der Waals surface area contributed by atoms with Crippen LogP contribution in [0.15, 0.2) is 54.6 Å². The molecule has 3 N–H and O–H groups in total. The van der Waals surface area contributed by atoms with E-state index < -0.39 is 0 Å². The van der Waals surface area contributed by atoms with Gasteiger partial charge in [0, 0.05) is 12.1 Å². The third kappa shape index (κ3) is 4.75. The molecule has 2 aromatic heterocycles. The highest BCUT2D eigenvalue weighted by molar-refractivity contribution is 7.20. The number of ether oxygens (including phenoxy) is 1. The smallest absolute Gasteiger partial charge is 0.261 e. The van der Waals surface area contributed by atoms with Crippen LogP contribution in [0.4, 0.5) is 5.82 Å². The van der Waals surface area contributed by atoms with E-state index in [0.29, 0.717) is 33.2 Å². The van der Waals surface area contributed by atoms with Crippen LogP contribution in [0.25, 0.3) is 10.2 Å². The SMILES string of the molecule is COc1ccccc1CC(=O)Nc1[nH]nc2sc(C(=O)NCc3cccc(C)c3)cc12. The van der Waals surface area contributed by atoms with Crippen LogP contribution in [0.3, 0.4) is 0 Å². The largest absolute Gasteiger partial charge is 0.496 e. The van der Waals surface area contributed by atoms with Crippen molar-refractivity contribution in [2.45, 2.75) is 19.9 Å². The first-order valence-electron chi connectivity index (χ1n) is 9.77. The second-order valence-electron chi connectivity index (χ2n) is 7.14. The second kappa shape index (κ2) is 9.01. The number of methoxy groups -OCH3 is 1. The molecular formula is C23H22N4O3S. The molecule has 0 radical (unpaired) electrons. The minimum Gasteiger partial charge on any atom is -0.496 e. The molecule has 0 aliphatic carbocycles. The second-order valence-corrected chi connectivity index (χ2v) is 8.17. The Kier molecular flexibility index (Phi) is 5.99. The van der Waals surface area contributed by atoms with Crippen molar-refractivity contribution in [1.29, 1.82) is 0 Å². The summed E-state index contributed by atoms with van der Waals surface area (Å²) in [6, 6.07) is 17.1. The normalized spacial score (nSPS) is 10.8. The standard InChI is InChI=1S/C23H22N4O3S/c1-14-6-5-7-15(10-14)13-24-22(29)19-12-17-21(26-27-23(17)31-19)25-20(28)11-16-8-3-4-9-18(16)30-2/h3-10,12H,11,13H2,1-2H3,(H,24,29)(H2,25,26,27,28). The van der Waals surface area contributed by atoms with E-state index in [1.54, 1.807) is 13.2 Å². The highest BCUT2D eigenvalue weighted by atomic mass is 32.1.